The Morgan fingerprint density at radius 2 is 2.14 bits per heavy atom. The zero-order valence-corrected chi connectivity index (χ0v) is 9.85. The van der Waals surface area contributed by atoms with E-state index in [-0.39, 0.29) is 11.5 Å². The number of piperidine rings is 1. The Kier molecular flexibility index (Phi) is 3.56. The summed E-state index contributed by atoms with van der Waals surface area (Å²) in [5.41, 5.74) is -0.652. The molecule has 0 amide bonds. The minimum absolute atomic E-state index is 0.0627. The number of likely N-dealkylation sites (N-methyl/N-ethyl adjacent to an activating group) is 1. The summed E-state index contributed by atoms with van der Waals surface area (Å²) in [4.78, 5) is 0. The summed E-state index contributed by atoms with van der Waals surface area (Å²) >= 11 is 0. The van der Waals surface area contributed by atoms with Gasteiger partial charge in [-0.05, 0) is 26.4 Å². The molecular formula is C11H24N2O. The normalized spacial score (nSPS) is 34.1. The van der Waals surface area contributed by atoms with Crippen molar-refractivity contribution >= 4 is 0 Å². The van der Waals surface area contributed by atoms with Crippen LogP contribution in [0.15, 0.2) is 0 Å². The number of nitrogens with one attached hydrogen (secondary N) is 2. The molecule has 14 heavy (non-hydrogen) atoms. The van der Waals surface area contributed by atoms with Gasteiger partial charge in [0.05, 0.1) is 5.60 Å². The van der Waals surface area contributed by atoms with Gasteiger partial charge in [-0.2, -0.15) is 0 Å². The lowest BCUT2D eigenvalue weighted by atomic mass is 9.67. The van der Waals surface area contributed by atoms with Crippen LogP contribution in [0.25, 0.3) is 0 Å². The summed E-state index contributed by atoms with van der Waals surface area (Å²) in [6.07, 6.45) is 0.828. The van der Waals surface area contributed by atoms with E-state index in [2.05, 4.69) is 38.3 Å². The van der Waals surface area contributed by atoms with Gasteiger partial charge in [-0.1, -0.05) is 20.8 Å². The Balaban J connectivity index is 2.77. The van der Waals surface area contributed by atoms with Crippen molar-refractivity contribution in [2.75, 3.05) is 19.6 Å². The van der Waals surface area contributed by atoms with Crippen molar-refractivity contribution in [2.45, 2.75) is 45.8 Å². The topological polar surface area (TPSA) is 44.3 Å². The zero-order chi connectivity index (χ0) is 10.8. The first-order valence-electron chi connectivity index (χ1n) is 5.60. The second-order valence-electron chi connectivity index (χ2n) is 5.01. The third-order valence-corrected chi connectivity index (χ3v) is 3.65. The molecule has 1 fully saturated rings. The van der Waals surface area contributed by atoms with Gasteiger partial charge in [-0.3, -0.25) is 0 Å². The fourth-order valence-corrected chi connectivity index (χ4v) is 2.45. The van der Waals surface area contributed by atoms with Gasteiger partial charge in [0.25, 0.3) is 0 Å². The Morgan fingerprint density at radius 1 is 1.50 bits per heavy atom. The van der Waals surface area contributed by atoms with E-state index in [1.807, 2.05) is 0 Å². The Labute approximate surface area is 87.3 Å². The Morgan fingerprint density at radius 3 is 2.64 bits per heavy atom. The van der Waals surface area contributed by atoms with E-state index in [1.165, 1.54) is 0 Å². The molecule has 1 aliphatic rings. The average molecular weight is 200 g/mol. The molecule has 0 spiro atoms. The van der Waals surface area contributed by atoms with Crippen molar-refractivity contribution in [3.63, 3.8) is 0 Å². The van der Waals surface area contributed by atoms with Gasteiger partial charge >= 0.3 is 0 Å². The predicted molar refractivity (Wildman–Crippen MR) is 59.4 cm³/mol. The monoisotopic (exact) mass is 200 g/mol. The predicted octanol–water partition coefficient (Wildman–Crippen LogP) is 0.735. The first-order valence-corrected chi connectivity index (χ1v) is 5.60. The standard InChI is InChI=1S/C11H24N2O/c1-5-13-9(2)11(14)6-7-12-8-10(11,3)4/h9,12-14H,5-8H2,1-4H3. The van der Waals surface area contributed by atoms with Crippen molar-refractivity contribution in [1.29, 1.82) is 0 Å². The molecule has 1 aliphatic heterocycles. The molecule has 1 saturated heterocycles. The molecule has 3 nitrogen and oxygen atoms in total. The molecule has 0 aliphatic carbocycles. The highest BCUT2D eigenvalue weighted by Crippen LogP contribution is 2.38. The first kappa shape index (κ1) is 12.0. The Bertz CT molecular complexity index is 194. The maximum Gasteiger partial charge on any atom is 0.0871 e. The van der Waals surface area contributed by atoms with Gasteiger partial charge in [0.2, 0.25) is 0 Å². The molecule has 0 aromatic carbocycles. The molecule has 0 aromatic rings. The highest BCUT2D eigenvalue weighted by Gasteiger charge is 2.48. The van der Waals surface area contributed by atoms with Gasteiger partial charge < -0.3 is 15.7 Å². The average Bonchev–Trinajstić information content (AvgIpc) is 2.10. The maximum absolute atomic E-state index is 10.7. The number of aliphatic hydroxyl groups is 1. The van der Waals surface area contributed by atoms with Crippen molar-refractivity contribution in [2.24, 2.45) is 5.41 Å². The Hall–Kier alpha value is -0.120. The van der Waals surface area contributed by atoms with Crippen molar-refractivity contribution in [1.82, 2.24) is 10.6 Å². The third-order valence-electron chi connectivity index (χ3n) is 3.65. The number of hydrogen-bond acceptors (Lipinski definition) is 3. The zero-order valence-electron chi connectivity index (χ0n) is 9.85. The lowest BCUT2D eigenvalue weighted by molar-refractivity contribution is -0.109. The van der Waals surface area contributed by atoms with E-state index in [0.717, 1.165) is 26.1 Å². The van der Waals surface area contributed by atoms with Crippen molar-refractivity contribution < 1.29 is 5.11 Å². The largest absolute Gasteiger partial charge is 0.388 e. The quantitative estimate of drug-likeness (QED) is 0.629. The fourth-order valence-electron chi connectivity index (χ4n) is 2.45. The van der Waals surface area contributed by atoms with Crippen LogP contribution in [0.5, 0.6) is 0 Å². The van der Waals surface area contributed by atoms with E-state index >= 15 is 0 Å². The van der Waals surface area contributed by atoms with Crippen molar-refractivity contribution in [3.05, 3.63) is 0 Å². The van der Waals surface area contributed by atoms with E-state index in [9.17, 15) is 5.11 Å². The van der Waals surface area contributed by atoms with Crippen molar-refractivity contribution in [3.8, 4) is 0 Å². The summed E-state index contributed by atoms with van der Waals surface area (Å²) in [7, 11) is 0. The van der Waals surface area contributed by atoms with Crippen LogP contribution in [0.2, 0.25) is 0 Å². The molecule has 1 rings (SSSR count). The molecule has 3 N–H and O–H groups in total. The third kappa shape index (κ3) is 1.95. The molecule has 3 heteroatoms. The van der Waals surface area contributed by atoms with Crippen LogP contribution in [-0.4, -0.2) is 36.4 Å². The van der Waals surface area contributed by atoms with Crippen LogP contribution >= 0.6 is 0 Å². The van der Waals surface area contributed by atoms with Crippen LogP contribution in [0, 0.1) is 5.41 Å². The summed E-state index contributed by atoms with van der Waals surface area (Å²) in [5.74, 6) is 0. The number of hydrogen-bond donors (Lipinski definition) is 3. The molecule has 84 valence electrons. The van der Waals surface area contributed by atoms with Crippen LogP contribution in [0.1, 0.15) is 34.1 Å². The lowest BCUT2D eigenvalue weighted by Gasteiger charge is -2.50. The summed E-state index contributed by atoms with van der Waals surface area (Å²) < 4.78 is 0. The summed E-state index contributed by atoms with van der Waals surface area (Å²) in [6, 6.07) is 0.157. The van der Waals surface area contributed by atoms with Gasteiger partial charge in [-0.25, -0.2) is 0 Å². The van der Waals surface area contributed by atoms with E-state index in [4.69, 9.17) is 0 Å². The molecule has 0 aromatic heterocycles. The van der Waals surface area contributed by atoms with Gasteiger partial charge in [-0.15, -0.1) is 0 Å². The second-order valence-corrected chi connectivity index (χ2v) is 5.01. The van der Waals surface area contributed by atoms with E-state index in [1.54, 1.807) is 0 Å². The highest BCUT2D eigenvalue weighted by atomic mass is 16.3. The van der Waals surface area contributed by atoms with Gasteiger partial charge in [0.15, 0.2) is 0 Å². The van der Waals surface area contributed by atoms with Crippen LogP contribution in [-0.2, 0) is 0 Å². The van der Waals surface area contributed by atoms with Crippen LogP contribution in [0.4, 0.5) is 0 Å². The van der Waals surface area contributed by atoms with E-state index in [0.29, 0.717) is 0 Å². The molecule has 0 saturated carbocycles. The van der Waals surface area contributed by atoms with Gasteiger partial charge in [0, 0.05) is 18.0 Å². The SMILES string of the molecule is CCNC(C)C1(O)CCNCC1(C)C. The second kappa shape index (κ2) is 4.17. The number of rotatable bonds is 3. The molecule has 0 bridgehead atoms. The fraction of sp³-hybridized carbons (Fsp3) is 1.00. The summed E-state index contributed by atoms with van der Waals surface area (Å²) in [5, 5.41) is 17.4. The molecule has 2 unspecified atom stereocenters. The molecular weight excluding hydrogens is 176 g/mol. The van der Waals surface area contributed by atoms with Crippen LogP contribution < -0.4 is 10.6 Å². The highest BCUT2D eigenvalue weighted by molar-refractivity contribution is 5.03. The maximum atomic E-state index is 10.7. The molecule has 0 radical (unpaired) electrons. The summed E-state index contributed by atoms with van der Waals surface area (Å²) in [6.45, 7) is 11.1. The van der Waals surface area contributed by atoms with Crippen LogP contribution in [0.3, 0.4) is 0 Å². The first-order chi connectivity index (χ1) is 6.44. The minimum atomic E-state index is -0.589. The minimum Gasteiger partial charge on any atom is -0.388 e. The lowest BCUT2D eigenvalue weighted by Crippen LogP contribution is -2.64. The smallest absolute Gasteiger partial charge is 0.0871 e. The van der Waals surface area contributed by atoms with E-state index < -0.39 is 5.60 Å². The molecule has 2 atom stereocenters. The molecule has 1 heterocycles. The van der Waals surface area contributed by atoms with Gasteiger partial charge in [0.1, 0.15) is 0 Å².